The number of carbonyl (C=O) groups excluding carboxylic acids is 3. The Morgan fingerprint density at radius 1 is 0.974 bits per heavy atom. The van der Waals surface area contributed by atoms with E-state index in [9.17, 15) is 19.5 Å². The summed E-state index contributed by atoms with van der Waals surface area (Å²) in [6.45, 7) is 1.04. The van der Waals surface area contributed by atoms with Gasteiger partial charge in [0.2, 0.25) is 5.91 Å². The van der Waals surface area contributed by atoms with Crippen molar-refractivity contribution in [3.05, 3.63) is 66.8 Å². The number of allylic oxidation sites excluding steroid dienone is 1. The number of cyclic esters (lactones) is 1. The average molecular weight is 531 g/mol. The highest BCUT2D eigenvalue weighted by Crippen LogP contribution is 2.53. The van der Waals surface area contributed by atoms with Crippen LogP contribution in [-0.4, -0.2) is 71.8 Å². The Morgan fingerprint density at radius 2 is 1.82 bits per heavy atom. The fourth-order valence-electron chi connectivity index (χ4n) is 6.64. The van der Waals surface area contributed by atoms with Crippen molar-refractivity contribution >= 4 is 34.2 Å². The Kier molecular flexibility index (Phi) is 6.99. The van der Waals surface area contributed by atoms with Crippen molar-refractivity contribution < 1.29 is 29.0 Å². The molecule has 204 valence electrons. The average Bonchev–Trinajstić information content (AvgIpc) is 3.35. The number of unbranched alkanes of at least 4 members (excludes halogenated alkanes) is 2. The van der Waals surface area contributed by atoms with Gasteiger partial charge >= 0.3 is 5.97 Å². The van der Waals surface area contributed by atoms with Gasteiger partial charge in [0.15, 0.2) is 0 Å². The number of hydrogen-bond donors (Lipinski definition) is 1. The molecule has 2 fully saturated rings. The van der Waals surface area contributed by atoms with E-state index in [0.29, 0.717) is 39.0 Å². The number of hydrogen-bond acceptors (Lipinski definition) is 6. The molecule has 4 aliphatic heterocycles. The summed E-state index contributed by atoms with van der Waals surface area (Å²) in [7, 11) is 0. The van der Waals surface area contributed by atoms with E-state index in [1.54, 1.807) is 9.80 Å². The highest BCUT2D eigenvalue weighted by atomic mass is 16.6. The first kappa shape index (κ1) is 25.8. The molecule has 2 saturated heterocycles. The first-order valence-electron chi connectivity index (χ1n) is 14.0. The van der Waals surface area contributed by atoms with Crippen LogP contribution in [0.4, 0.5) is 5.69 Å². The molecule has 0 bridgehead atoms. The van der Waals surface area contributed by atoms with Gasteiger partial charge in [-0.1, -0.05) is 54.6 Å². The number of benzene rings is 2. The van der Waals surface area contributed by atoms with Gasteiger partial charge in [0.1, 0.15) is 17.6 Å². The number of amides is 2. The van der Waals surface area contributed by atoms with Crippen LogP contribution in [0.1, 0.15) is 32.1 Å². The maximum Gasteiger partial charge on any atom is 0.312 e. The first-order valence-corrected chi connectivity index (χ1v) is 14.0. The molecule has 4 heterocycles. The fraction of sp³-hybridized carbons (Fsp3) is 0.452. The van der Waals surface area contributed by atoms with Crippen molar-refractivity contribution in [2.24, 2.45) is 11.8 Å². The third kappa shape index (κ3) is 4.36. The quantitative estimate of drug-likeness (QED) is 0.350. The Labute approximate surface area is 227 Å². The minimum Gasteiger partial charge on any atom is -0.465 e. The third-order valence-corrected chi connectivity index (χ3v) is 8.45. The lowest BCUT2D eigenvalue weighted by atomic mass is 9.78. The van der Waals surface area contributed by atoms with Gasteiger partial charge in [0.05, 0.1) is 18.6 Å². The Morgan fingerprint density at radius 3 is 2.67 bits per heavy atom. The number of anilines is 1. The number of aliphatic hydroxyl groups is 1. The van der Waals surface area contributed by atoms with Crippen LogP contribution in [0.15, 0.2) is 66.8 Å². The fourth-order valence-corrected chi connectivity index (χ4v) is 6.64. The van der Waals surface area contributed by atoms with Gasteiger partial charge in [-0.25, -0.2) is 0 Å². The zero-order valence-electron chi connectivity index (χ0n) is 21.9. The van der Waals surface area contributed by atoms with Crippen LogP contribution in [0.5, 0.6) is 0 Å². The molecule has 1 spiro atoms. The zero-order chi connectivity index (χ0) is 27.0. The molecule has 0 radical (unpaired) electrons. The lowest BCUT2D eigenvalue weighted by Crippen LogP contribution is -2.55. The lowest BCUT2D eigenvalue weighted by Gasteiger charge is -2.35. The molecule has 2 aromatic rings. The maximum absolute atomic E-state index is 14.5. The molecule has 2 amide bonds. The van der Waals surface area contributed by atoms with E-state index < -0.39 is 35.6 Å². The van der Waals surface area contributed by atoms with E-state index in [1.807, 2.05) is 66.8 Å². The summed E-state index contributed by atoms with van der Waals surface area (Å²) in [5.74, 6) is -2.59. The third-order valence-electron chi connectivity index (χ3n) is 8.45. The van der Waals surface area contributed by atoms with E-state index in [2.05, 4.69) is 0 Å². The van der Waals surface area contributed by atoms with Gasteiger partial charge < -0.3 is 24.4 Å². The summed E-state index contributed by atoms with van der Waals surface area (Å²) in [6, 6.07) is 13.0. The van der Waals surface area contributed by atoms with Crippen LogP contribution in [0, 0.1) is 11.8 Å². The van der Waals surface area contributed by atoms with Crippen LogP contribution in [0.3, 0.4) is 0 Å². The molecular formula is C31H34N2O6. The van der Waals surface area contributed by atoms with Crippen LogP contribution in [0.2, 0.25) is 0 Å². The van der Waals surface area contributed by atoms with E-state index in [4.69, 9.17) is 9.47 Å². The number of carbonyl (C=O) groups is 3. The summed E-state index contributed by atoms with van der Waals surface area (Å²) in [5, 5.41) is 11.3. The zero-order valence-corrected chi connectivity index (χ0v) is 21.9. The van der Waals surface area contributed by atoms with Crippen LogP contribution < -0.4 is 4.90 Å². The largest absolute Gasteiger partial charge is 0.465 e. The van der Waals surface area contributed by atoms with Crippen molar-refractivity contribution in [1.29, 1.82) is 0 Å². The molecule has 8 nitrogen and oxygen atoms in total. The summed E-state index contributed by atoms with van der Waals surface area (Å²) in [4.78, 5) is 45.2. The second-order valence-corrected chi connectivity index (χ2v) is 10.8. The Hall–Kier alpha value is -3.49. The molecule has 0 aromatic heterocycles. The molecule has 8 heteroatoms. The number of fused-ring (bicyclic) bond motifs is 3. The van der Waals surface area contributed by atoms with Crippen LogP contribution >= 0.6 is 0 Å². The monoisotopic (exact) mass is 530 g/mol. The number of esters is 1. The molecule has 4 aliphatic rings. The molecule has 39 heavy (non-hydrogen) atoms. The summed E-state index contributed by atoms with van der Waals surface area (Å²) in [5.41, 5.74) is -0.523. The number of aliphatic hydroxyl groups excluding tert-OH is 1. The predicted molar refractivity (Wildman–Crippen MR) is 146 cm³/mol. The van der Waals surface area contributed by atoms with Crippen molar-refractivity contribution in [3.8, 4) is 0 Å². The molecule has 0 aliphatic carbocycles. The van der Waals surface area contributed by atoms with E-state index >= 15 is 0 Å². The predicted octanol–water partition coefficient (Wildman–Crippen LogP) is 3.38. The summed E-state index contributed by atoms with van der Waals surface area (Å²) in [6.07, 6.45) is 10.4. The second-order valence-electron chi connectivity index (χ2n) is 10.8. The topological polar surface area (TPSA) is 96.4 Å². The molecule has 6 rings (SSSR count). The number of rotatable bonds is 6. The standard InChI is InChI=1S/C31H34N2O6/c34-18-7-2-6-16-33-27-29(36)32(23-14-13-21-10-4-5-11-22(21)20-23)17-9-15-31(27)26(28(33)35)25-24(39-31)12-3-1-8-19-38-30(25)37/h3-5,9-15,20,24-27,34H,1-2,6-8,16-19H2/b12-3-/t24-,25?,26+,27-,31?/m1/s1. The molecule has 2 aromatic carbocycles. The Balaban J connectivity index is 1.41. The van der Waals surface area contributed by atoms with E-state index in [0.717, 1.165) is 29.3 Å². The van der Waals surface area contributed by atoms with E-state index in [1.165, 1.54) is 0 Å². The molecule has 2 unspecified atom stereocenters. The number of ether oxygens (including phenoxy) is 2. The van der Waals surface area contributed by atoms with Gasteiger partial charge in [-0.2, -0.15) is 0 Å². The highest BCUT2D eigenvalue weighted by Gasteiger charge is 2.71. The minimum atomic E-state index is -1.27. The van der Waals surface area contributed by atoms with Crippen molar-refractivity contribution in [2.75, 3.05) is 31.2 Å². The Bertz CT molecular complexity index is 1340. The maximum atomic E-state index is 14.5. The SMILES string of the molecule is O=C1OCCC/C=C\[C@H]2OC34C=CCN(c5ccc6ccccc6c5)C(=O)[C@H]3N(CCCCCO)C(=O)[C@@H]4C12. The van der Waals surface area contributed by atoms with Crippen molar-refractivity contribution in [2.45, 2.75) is 49.9 Å². The summed E-state index contributed by atoms with van der Waals surface area (Å²) < 4.78 is 12.2. The van der Waals surface area contributed by atoms with Gasteiger partial charge in [-0.15, -0.1) is 0 Å². The first-order chi connectivity index (χ1) is 19.0. The van der Waals surface area contributed by atoms with Crippen molar-refractivity contribution in [3.63, 3.8) is 0 Å². The van der Waals surface area contributed by atoms with Gasteiger partial charge in [-0.3, -0.25) is 14.4 Å². The van der Waals surface area contributed by atoms with Gasteiger partial charge in [0, 0.05) is 25.4 Å². The van der Waals surface area contributed by atoms with Gasteiger partial charge in [0.25, 0.3) is 5.91 Å². The molecular weight excluding hydrogens is 496 g/mol. The highest BCUT2D eigenvalue weighted by molar-refractivity contribution is 6.06. The van der Waals surface area contributed by atoms with Crippen molar-refractivity contribution in [1.82, 2.24) is 4.90 Å². The number of nitrogens with zero attached hydrogens (tertiary/aromatic N) is 2. The van der Waals surface area contributed by atoms with E-state index in [-0.39, 0.29) is 18.4 Å². The smallest absolute Gasteiger partial charge is 0.312 e. The summed E-state index contributed by atoms with van der Waals surface area (Å²) >= 11 is 0. The lowest BCUT2D eigenvalue weighted by molar-refractivity contribution is -0.154. The molecule has 0 saturated carbocycles. The molecule has 1 N–H and O–H groups in total. The van der Waals surface area contributed by atoms with Gasteiger partial charge in [-0.05, 0) is 55.0 Å². The molecule has 5 atom stereocenters. The minimum absolute atomic E-state index is 0.0758. The number of likely N-dealkylation sites (tertiary alicyclic amines) is 1. The normalized spacial score (nSPS) is 31.2. The van der Waals surface area contributed by atoms with Crippen LogP contribution in [-0.2, 0) is 23.9 Å². The second kappa shape index (κ2) is 10.6. The van der Waals surface area contributed by atoms with Crippen LogP contribution in [0.25, 0.3) is 10.8 Å².